The highest BCUT2D eigenvalue weighted by Crippen LogP contribution is 2.30. The lowest BCUT2D eigenvalue weighted by Crippen LogP contribution is -2.33. The molecule has 1 aliphatic rings. The van der Waals surface area contributed by atoms with Crippen LogP contribution in [-0.4, -0.2) is 27.8 Å². The number of rotatable bonds is 3. The van der Waals surface area contributed by atoms with E-state index in [4.69, 9.17) is 16.1 Å². The first-order chi connectivity index (χ1) is 15.4. The summed E-state index contributed by atoms with van der Waals surface area (Å²) in [4.78, 5) is 19.6. The van der Waals surface area contributed by atoms with Crippen LogP contribution in [0.4, 0.5) is 10.1 Å². The van der Waals surface area contributed by atoms with Gasteiger partial charge in [0.2, 0.25) is 11.3 Å². The Labute approximate surface area is 189 Å². The van der Waals surface area contributed by atoms with Crippen LogP contribution in [-0.2, 0) is 7.05 Å². The third-order valence-electron chi connectivity index (χ3n) is 6.12. The molecule has 0 atom stereocenters. The number of pyridine rings is 1. The van der Waals surface area contributed by atoms with E-state index in [1.807, 2.05) is 7.05 Å². The summed E-state index contributed by atoms with van der Waals surface area (Å²) in [6, 6.07) is 10.1. The molecule has 4 aromatic rings. The second-order valence-corrected chi connectivity index (χ2v) is 8.84. The lowest BCUT2D eigenvalue weighted by Gasteiger charge is -2.32. The maximum atomic E-state index is 15.1. The van der Waals surface area contributed by atoms with E-state index >= 15 is 4.39 Å². The van der Waals surface area contributed by atoms with E-state index in [0.717, 1.165) is 25.9 Å². The van der Waals surface area contributed by atoms with Crippen molar-refractivity contribution in [2.45, 2.75) is 19.8 Å². The molecule has 0 aliphatic carbocycles. The maximum Gasteiger partial charge on any atom is 0.263 e. The summed E-state index contributed by atoms with van der Waals surface area (Å²) < 4.78 is 22.2. The van der Waals surface area contributed by atoms with Gasteiger partial charge in [0.05, 0.1) is 11.2 Å². The van der Waals surface area contributed by atoms with Gasteiger partial charge in [0, 0.05) is 42.3 Å². The van der Waals surface area contributed by atoms with Gasteiger partial charge in [-0.3, -0.25) is 4.79 Å². The standard InChI is InChI=1S/C24H22ClFN4O2/c1-14-6-8-30(9-7-14)21-12-20-17(11-19(21)26)22(31)18(13-29(20)2)24-27-23(28-32-24)15-4-3-5-16(25)10-15/h3-5,10-14H,6-9H2,1-2H3. The van der Waals surface area contributed by atoms with Crippen LogP contribution in [0.25, 0.3) is 33.7 Å². The van der Waals surface area contributed by atoms with Crippen molar-refractivity contribution in [3.05, 3.63) is 63.7 Å². The molecule has 32 heavy (non-hydrogen) atoms. The van der Waals surface area contributed by atoms with E-state index in [1.165, 1.54) is 6.07 Å². The lowest BCUT2D eigenvalue weighted by molar-refractivity contribution is 0.432. The average molecular weight is 453 g/mol. The van der Waals surface area contributed by atoms with Crippen LogP contribution < -0.4 is 10.3 Å². The molecule has 0 amide bonds. The second kappa shape index (κ2) is 8.06. The van der Waals surface area contributed by atoms with E-state index in [0.29, 0.717) is 33.5 Å². The number of hydrogen-bond donors (Lipinski definition) is 0. The Morgan fingerprint density at radius 1 is 1.19 bits per heavy atom. The van der Waals surface area contributed by atoms with Gasteiger partial charge in [0.25, 0.3) is 5.89 Å². The van der Waals surface area contributed by atoms with Crippen LogP contribution in [0.1, 0.15) is 19.8 Å². The van der Waals surface area contributed by atoms with E-state index in [2.05, 4.69) is 22.0 Å². The number of aryl methyl sites for hydroxylation is 1. The highest BCUT2D eigenvalue weighted by molar-refractivity contribution is 6.30. The van der Waals surface area contributed by atoms with Crippen molar-refractivity contribution in [2.75, 3.05) is 18.0 Å². The van der Waals surface area contributed by atoms with Crippen molar-refractivity contribution in [3.63, 3.8) is 0 Å². The summed E-state index contributed by atoms with van der Waals surface area (Å²) in [5.41, 5.74) is 1.74. The Bertz CT molecular complexity index is 1370. The summed E-state index contributed by atoms with van der Waals surface area (Å²) in [6.45, 7) is 3.84. The van der Waals surface area contributed by atoms with Gasteiger partial charge in [-0.2, -0.15) is 4.98 Å². The normalized spacial score (nSPS) is 14.9. The van der Waals surface area contributed by atoms with Crippen molar-refractivity contribution < 1.29 is 8.91 Å². The summed E-state index contributed by atoms with van der Waals surface area (Å²) >= 11 is 6.04. The van der Waals surface area contributed by atoms with Gasteiger partial charge in [-0.05, 0) is 43.0 Å². The van der Waals surface area contributed by atoms with Crippen molar-refractivity contribution in [2.24, 2.45) is 13.0 Å². The van der Waals surface area contributed by atoms with Gasteiger partial charge in [-0.1, -0.05) is 35.8 Å². The molecule has 8 heteroatoms. The lowest BCUT2D eigenvalue weighted by atomic mass is 9.98. The molecule has 0 radical (unpaired) electrons. The number of hydrogen-bond acceptors (Lipinski definition) is 5. The fourth-order valence-corrected chi connectivity index (χ4v) is 4.40. The zero-order valence-electron chi connectivity index (χ0n) is 17.8. The van der Waals surface area contributed by atoms with Crippen LogP contribution in [0.15, 0.2) is 51.9 Å². The highest BCUT2D eigenvalue weighted by Gasteiger charge is 2.22. The van der Waals surface area contributed by atoms with E-state index < -0.39 is 5.82 Å². The first-order valence-electron chi connectivity index (χ1n) is 10.6. The molecular weight excluding hydrogens is 431 g/mol. The number of halogens is 2. The average Bonchev–Trinajstić information content (AvgIpc) is 3.27. The Hall–Kier alpha value is -3.19. The van der Waals surface area contributed by atoms with E-state index in [-0.39, 0.29) is 22.3 Å². The van der Waals surface area contributed by atoms with Gasteiger partial charge in [0.15, 0.2) is 0 Å². The first kappa shape index (κ1) is 20.7. The fourth-order valence-electron chi connectivity index (χ4n) is 4.21. The SMILES string of the molecule is CC1CCN(c2cc3c(cc2F)c(=O)c(-c2nc(-c4cccc(Cl)c4)no2)cn3C)CC1. The number of anilines is 1. The summed E-state index contributed by atoms with van der Waals surface area (Å²) in [5.74, 6) is 0.654. The molecule has 0 saturated carbocycles. The Kier molecular flexibility index (Phi) is 5.21. The predicted octanol–water partition coefficient (Wildman–Crippen LogP) is 5.28. The zero-order valence-corrected chi connectivity index (χ0v) is 18.6. The molecule has 0 unspecified atom stereocenters. The third-order valence-corrected chi connectivity index (χ3v) is 6.36. The minimum atomic E-state index is -0.397. The largest absolute Gasteiger partial charge is 0.369 e. The van der Waals surface area contributed by atoms with Crippen molar-refractivity contribution in [1.82, 2.24) is 14.7 Å². The van der Waals surface area contributed by atoms with Crippen molar-refractivity contribution in [3.8, 4) is 22.8 Å². The van der Waals surface area contributed by atoms with Crippen LogP contribution >= 0.6 is 11.6 Å². The molecule has 5 rings (SSSR count). The minimum Gasteiger partial charge on any atom is -0.369 e. The zero-order chi connectivity index (χ0) is 22.4. The molecule has 2 aromatic carbocycles. The molecule has 0 spiro atoms. The monoisotopic (exact) mass is 452 g/mol. The van der Waals surface area contributed by atoms with Gasteiger partial charge < -0.3 is 14.0 Å². The third kappa shape index (κ3) is 3.66. The molecule has 164 valence electrons. The summed E-state index contributed by atoms with van der Waals surface area (Å²) in [7, 11) is 1.82. The quantitative estimate of drug-likeness (QED) is 0.423. The smallest absolute Gasteiger partial charge is 0.263 e. The molecule has 0 N–H and O–H groups in total. The first-order valence-corrected chi connectivity index (χ1v) is 11.0. The fraction of sp³-hybridized carbons (Fsp3) is 0.292. The number of aromatic nitrogens is 3. The highest BCUT2D eigenvalue weighted by atomic mass is 35.5. The molecular formula is C24H22ClFN4O2. The molecule has 6 nitrogen and oxygen atoms in total. The second-order valence-electron chi connectivity index (χ2n) is 8.41. The Morgan fingerprint density at radius 2 is 1.97 bits per heavy atom. The van der Waals surface area contributed by atoms with E-state index in [9.17, 15) is 4.79 Å². The van der Waals surface area contributed by atoms with Crippen molar-refractivity contribution in [1.29, 1.82) is 0 Å². The van der Waals surface area contributed by atoms with Crippen LogP contribution in [0.5, 0.6) is 0 Å². The molecule has 3 heterocycles. The molecule has 1 fully saturated rings. The van der Waals surface area contributed by atoms with Gasteiger partial charge in [-0.15, -0.1) is 0 Å². The van der Waals surface area contributed by atoms with Crippen LogP contribution in [0.2, 0.25) is 5.02 Å². The Balaban J connectivity index is 1.57. The minimum absolute atomic E-state index is 0.0805. The van der Waals surface area contributed by atoms with Gasteiger partial charge >= 0.3 is 0 Å². The molecule has 2 aromatic heterocycles. The van der Waals surface area contributed by atoms with Gasteiger partial charge in [-0.25, -0.2) is 4.39 Å². The summed E-state index contributed by atoms with van der Waals surface area (Å²) in [6.07, 6.45) is 3.71. The van der Waals surface area contributed by atoms with Gasteiger partial charge in [0.1, 0.15) is 11.4 Å². The van der Waals surface area contributed by atoms with Crippen LogP contribution in [0, 0.1) is 11.7 Å². The van der Waals surface area contributed by atoms with E-state index in [1.54, 1.807) is 41.1 Å². The number of piperidine rings is 1. The topological polar surface area (TPSA) is 64.2 Å². The maximum absolute atomic E-state index is 15.1. The molecule has 0 bridgehead atoms. The number of nitrogens with zero attached hydrogens (tertiary/aromatic N) is 4. The number of fused-ring (bicyclic) bond motifs is 1. The predicted molar refractivity (Wildman–Crippen MR) is 123 cm³/mol. The summed E-state index contributed by atoms with van der Waals surface area (Å²) in [5, 5.41) is 4.80. The molecule has 1 saturated heterocycles. The molecule has 1 aliphatic heterocycles. The van der Waals surface area contributed by atoms with Crippen LogP contribution in [0.3, 0.4) is 0 Å². The van der Waals surface area contributed by atoms with Crippen molar-refractivity contribution >= 4 is 28.2 Å². The Morgan fingerprint density at radius 3 is 2.72 bits per heavy atom. The number of benzene rings is 2.